The minimum absolute atomic E-state index is 0.00243. The first-order valence-electron chi connectivity index (χ1n) is 15.9. The SMILES string of the molecule is O=C(Nc1ccc(OC(F)(F)F)cc1)c1ccc(CNC(=O)C23CC4CC(CC(C(=O)NCCCc5ccccc5)(C4)C2)C3)cc1. The summed E-state index contributed by atoms with van der Waals surface area (Å²) in [5.74, 6) is 0.0751. The van der Waals surface area contributed by atoms with Crippen LogP contribution in [0.15, 0.2) is 78.9 Å². The molecule has 2 atom stereocenters. The molecule has 7 rings (SSSR count). The van der Waals surface area contributed by atoms with Crippen LogP contribution in [0.1, 0.15) is 66.4 Å². The van der Waals surface area contributed by atoms with Crippen molar-refractivity contribution in [3.8, 4) is 5.75 Å². The number of amides is 3. The van der Waals surface area contributed by atoms with E-state index < -0.39 is 23.1 Å². The molecule has 3 aromatic carbocycles. The lowest BCUT2D eigenvalue weighted by atomic mass is 9.43. The number of hydrogen-bond donors (Lipinski definition) is 3. The van der Waals surface area contributed by atoms with Crippen molar-refractivity contribution >= 4 is 23.4 Å². The zero-order valence-electron chi connectivity index (χ0n) is 25.5. The second-order valence-corrected chi connectivity index (χ2v) is 13.3. The summed E-state index contributed by atoms with van der Waals surface area (Å²) in [4.78, 5) is 40.0. The van der Waals surface area contributed by atoms with Crippen molar-refractivity contribution in [1.29, 1.82) is 0 Å². The van der Waals surface area contributed by atoms with Gasteiger partial charge in [-0.25, -0.2) is 0 Å². The molecule has 46 heavy (non-hydrogen) atoms. The second-order valence-electron chi connectivity index (χ2n) is 13.3. The standard InChI is InChI=1S/C36H38F3N3O4/c37-36(38,39)46-30-14-12-29(13-15-30)42-31(43)28-10-8-25(9-11-28)22-41-33(45)35-20-26-17-27(21-35)19-34(18-26,23-35)32(44)40-16-4-7-24-5-2-1-3-6-24/h1-3,5-6,8-15,26-27H,4,7,16-23H2,(H,40,44)(H,41,45)(H,42,43). The normalized spacial score (nSPS) is 24.7. The second kappa shape index (κ2) is 12.8. The van der Waals surface area contributed by atoms with Crippen LogP contribution in [-0.2, 0) is 22.6 Å². The molecule has 3 N–H and O–H groups in total. The fraction of sp³-hybridized carbons (Fsp3) is 0.417. The predicted octanol–water partition coefficient (Wildman–Crippen LogP) is 6.79. The highest BCUT2D eigenvalue weighted by molar-refractivity contribution is 6.04. The van der Waals surface area contributed by atoms with Gasteiger partial charge in [0.25, 0.3) is 5.91 Å². The average molecular weight is 634 g/mol. The highest BCUT2D eigenvalue weighted by atomic mass is 19.4. The maximum Gasteiger partial charge on any atom is 0.573 e. The van der Waals surface area contributed by atoms with Crippen LogP contribution in [0.5, 0.6) is 5.75 Å². The molecule has 242 valence electrons. The number of rotatable bonds is 11. The molecule has 0 spiro atoms. The molecule has 4 bridgehead atoms. The minimum atomic E-state index is -4.79. The van der Waals surface area contributed by atoms with E-state index in [9.17, 15) is 27.6 Å². The van der Waals surface area contributed by atoms with Crippen LogP contribution in [0.25, 0.3) is 0 Å². The van der Waals surface area contributed by atoms with Crippen LogP contribution < -0.4 is 20.7 Å². The van der Waals surface area contributed by atoms with Crippen molar-refractivity contribution in [3.63, 3.8) is 0 Å². The molecule has 0 saturated heterocycles. The maximum absolute atomic E-state index is 13.8. The fourth-order valence-electron chi connectivity index (χ4n) is 8.21. The topological polar surface area (TPSA) is 96.5 Å². The number of aryl methyl sites for hydroxylation is 1. The lowest BCUT2D eigenvalue weighted by Gasteiger charge is -2.60. The van der Waals surface area contributed by atoms with Crippen molar-refractivity contribution in [1.82, 2.24) is 10.6 Å². The molecular weight excluding hydrogens is 595 g/mol. The zero-order valence-corrected chi connectivity index (χ0v) is 25.5. The third kappa shape index (κ3) is 7.21. The predicted molar refractivity (Wildman–Crippen MR) is 167 cm³/mol. The Bertz CT molecular complexity index is 1540. The number of carbonyl (C=O) groups is 3. The summed E-state index contributed by atoms with van der Waals surface area (Å²) in [5.41, 5.74) is 1.76. The summed E-state index contributed by atoms with van der Waals surface area (Å²) in [6.45, 7) is 0.929. The van der Waals surface area contributed by atoms with Crippen molar-refractivity contribution in [2.24, 2.45) is 22.7 Å². The summed E-state index contributed by atoms with van der Waals surface area (Å²) >= 11 is 0. The van der Waals surface area contributed by atoms with Gasteiger partial charge in [-0.05, 0) is 111 Å². The van der Waals surface area contributed by atoms with Gasteiger partial charge in [0, 0.05) is 24.3 Å². The number of ether oxygens (including phenoxy) is 1. The summed E-state index contributed by atoms with van der Waals surface area (Å²) in [7, 11) is 0. The third-order valence-electron chi connectivity index (χ3n) is 9.81. The van der Waals surface area contributed by atoms with E-state index >= 15 is 0 Å². The van der Waals surface area contributed by atoms with Gasteiger partial charge in [-0.2, -0.15) is 0 Å². The first kappa shape index (κ1) is 31.6. The van der Waals surface area contributed by atoms with Crippen molar-refractivity contribution < 1.29 is 32.3 Å². The summed E-state index contributed by atoms with van der Waals surface area (Å²) in [5, 5.41) is 8.99. The Morgan fingerprint density at radius 2 is 1.37 bits per heavy atom. The Balaban J connectivity index is 1.01. The Morgan fingerprint density at radius 3 is 1.98 bits per heavy atom. The van der Waals surface area contributed by atoms with Gasteiger partial charge in [-0.15, -0.1) is 13.2 Å². The highest BCUT2D eigenvalue weighted by Crippen LogP contribution is 2.65. The van der Waals surface area contributed by atoms with Gasteiger partial charge in [-0.3, -0.25) is 14.4 Å². The van der Waals surface area contributed by atoms with Crippen LogP contribution in [0, 0.1) is 22.7 Å². The van der Waals surface area contributed by atoms with Crippen molar-refractivity contribution in [2.45, 2.75) is 64.3 Å². The lowest BCUT2D eigenvalue weighted by Crippen LogP contribution is -2.61. The summed E-state index contributed by atoms with van der Waals surface area (Å²) in [6.07, 6.45) is 2.03. The Hall–Kier alpha value is -4.34. The molecule has 3 aromatic rings. The molecule has 0 aromatic heterocycles. The number of carbonyl (C=O) groups excluding carboxylic acids is 3. The maximum atomic E-state index is 13.8. The minimum Gasteiger partial charge on any atom is -0.406 e. The quantitative estimate of drug-likeness (QED) is 0.203. The van der Waals surface area contributed by atoms with Gasteiger partial charge in [0.05, 0.1) is 10.8 Å². The third-order valence-corrected chi connectivity index (χ3v) is 9.81. The molecule has 4 aliphatic rings. The van der Waals surface area contributed by atoms with Gasteiger partial charge in [0.1, 0.15) is 5.75 Å². The molecule has 7 nitrogen and oxygen atoms in total. The number of alkyl halides is 3. The van der Waals surface area contributed by atoms with E-state index in [1.807, 2.05) is 18.2 Å². The van der Waals surface area contributed by atoms with E-state index in [-0.39, 0.29) is 17.6 Å². The number of halogens is 3. The molecular formula is C36H38F3N3O4. The molecule has 10 heteroatoms. The molecule has 0 heterocycles. The van der Waals surface area contributed by atoms with Gasteiger partial charge in [0.15, 0.2) is 0 Å². The number of anilines is 1. The van der Waals surface area contributed by atoms with Crippen LogP contribution in [-0.4, -0.2) is 30.6 Å². The zero-order chi connectivity index (χ0) is 32.4. The number of hydrogen-bond acceptors (Lipinski definition) is 4. The molecule has 4 saturated carbocycles. The molecule has 2 unspecified atom stereocenters. The van der Waals surface area contributed by atoms with E-state index in [0.717, 1.165) is 62.6 Å². The smallest absolute Gasteiger partial charge is 0.406 e. The number of nitrogens with one attached hydrogen (secondary N) is 3. The Morgan fingerprint density at radius 1 is 0.761 bits per heavy atom. The fourth-order valence-corrected chi connectivity index (χ4v) is 8.21. The van der Waals surface area contributed by atoms with E-state index in [0.29, 0.717) is 42.6 Å². The first-order valence-corrected chi connectivity index (χ1v) is 15.9. The Labute approximate surface area is 266 Å². The van der Waals surface area contributed by atoms with Crippen LogP contribution >= 0.6 is 0 Å². The van der Waals surface area contributed by atoms with Crippen LogP contribution in [0.2, 0.25) is 0 Å². The van der Waals surface area contributed by atoms with Crippen LogP contribution in [0.4, 0.5) is 18.9 Å². The molecule has 0 aliphatic heterocycles. The summed E-state index contributed by atoms with van der Waals surface area (Å²) < 4.78 is 41.0. The van der Waals surface area contributed by atoms with E-state index in [1.54, 1.807) is 24.3 Å². The average Bonchev–Trinajstić information content (AvgIpc) is 3.02. The highest BCUT2D eigenvalue weighted by Gasteiger charge is 2.62. The van der Waals surface area contributed by atoms with Gasteiger partial charge >= 0.3 is 6.36 Å². The lowest BCUT2D eigenvalue weighted by molar-refractivity contribution is -0.274. The largest absolute Gasteiger partial charge is 0.573 e. The summed E-state index contributed by atoms with van der Waals surface area (Å²) in [6, 6.07) is 22.0. The Kier molecular flexibility index (Phi) is 8.81. The van der Waals surface area contributed by atoms with Gasteiger partial charge in [0.2, 0.25) is 11.8 Å². The molecule has 4 aliphatic carbocycles. The monoisotopic (exact) mass is 633 g/mol. The first-order chi connectivity index (χ1) is 22.0. The van der Waals surface area contributed by atoms with E-state index in [4.69, 9.17) is 0 Å². The van der Waals surface area contributed by atoms with Gasteiger partial charge < -0.3 is 20.7 Å². The van der Waals surface area contributed by atoms with E-state index in [2.05, 4.69) is 32.8 Å². The van der Waals surface area contributed by atoms with E-state index in [1.165, 1.54) is 17.7 Å². The molecule has 3 amide bonds. The number of benzene rings is 3. The van der Waals surface area contributed by atoms with Crippen molar-refractivity contribution in [2.75, 3.05) is 11.9 Å². The molecule has 0 radical (unpaired) electrons. The van der Waals surface area contributed by atoms with Crippen LogP contribution in [0.3, 0.4) is 0 Å². The molecule has 4 fully saturated rings. The van der Waals surface area contributed by atoms with Crippen molar-refractivity contribution in [3.05, 3.63) is 95.6 Å². The van der Waals surface area contributed by atoms with Gasteiger partial charge in [-0.1, -0.05) is 42.5 Å².